The van der Waals surface area contributed by atoms with Gasteiger partial charge in [-0.3, -0.25) is 38.7 Å². The maximum absolute atomic E-state index is 12.9. The fourth-order valence-electron chi connectivity index (χ4n) is 4.13. The number of epoxide rings is 1. The van der Waals surface area contributed by atoms with Gasteiger partial charge in [-0.1, -0.05) is 0 Å². The number of carboxylic acids is 2. The third-order valence-electron chi connectivity index (χ3n) is 5.73. The summed E-state index contributed by atoms with van der Waals surface area (Å²) in [6.45, 7) is 14.5. The molecule has 0 aromatic carbocycles. The first-order chi connectivity index (χ1) is 20.5. The van der Waals surface area contributed by atoms with Gasteiger partial charge in [-0.15, -0.1) is 0 Å². The van der Waals surface area contributed by atoms with Crippen molar-refractivity contribution in [2.75, 3.05) is 72.2 Å². The molecule has 0 bridgehead atoms. The molecular formula is C30H53N3O12. The van der Waals surface area contributed by atoms with Crippen LogP contribution < -0.4 is 0 Å². The van der Waals surface area contributed by atoms with Crippen molar-refractivity contribution in [1.29, 1.82) is 0 Å². The fourth-order valence-corrected chi connectivity index (χ4v) is 4.13. The van der Waals surface area contributed by atoms with Crippen molar-refractivity contribution < 1.29 is 57.9 Å². The minimum atomic E-state index is -1.18. The van der Waals surface area contributed by atoms with Crippen LogP contribution in [-0.4, -0.2) is 156 Å². The van der Waals surface area contributed by atoms with Crippen molar-refractivity contribution in [2.45, 2.75) is 91.3 Å². The highest BCUT2D eigenvalue weighted by Gasteiger charge is 2.31. The summed E-state index contributed by atoms with van der Waals surface area (Å²) < 4.78 is 27.3. The van der Waals surface area contributed by atoms with Gasteiger partial charge >= 0.3 is 29.8 Å². The van der Waals surface area contributed by atoms with Gasteiger partial charge in [0.05, 0.1) is 52.5 Å². The summed E-state index contributed by atoms with van der Waals surface area (Å²) >= 11 is 0. The Hall–Kier alpha value is -2.85. The molecule has 2 unspecified atom stereocenters. The van der Waals surface area contributed by atoms with Crippen molar-refractivity contribution in [2.24, 2.45) is 0 Å². The van der Waals surface area contributed by atoms with Crippen LogP contribution in [0.3, 0.4) is 0 Å². The number of ether oxygens (including phenoxy) is 5. The summed E-state index contributed by atoms with van der Waals surface area (Å²) in [6, 6.07) is -0.714. The Labute approximate surface area is 266 Å². The molecule has 45 heavy (non-hydrogen) atoms. The number of carboxylic acid groups (broad SMARTS) is 2. The average Bonchev–Trinajstić information content (AvgIpc) is 3.61. The number of carbonyl (C=O) groups is 5. The van der Waals surface area contributed by atoms with Gasteiger partial charge in [0.1, 0.15) is 22.9 Å². The average molecular weight is 648 g/mol. The molecule has 1 rings (SSSR count). The van der Waals surface area contributed by atoms with Crippen molar-refractivity contribution in [3.8, 4) is 0 Å². The lowest BCUT2D eigenvalue weighted by atomic mass is 10.2. The second kappa shape index (κ2) is 17.7. The lowest BCUT2D eigenvalue weighted by Gasteiger charge is -2.35. The van der Waals surface area contributed by atoms with E-state index in [0.29, 0.717) is 6.61 Å². The monoisotopic (exact) mass is 647 g/mol. The molecule has 15 heteroatoms. The Morgan fingerprint density at radius 1 is 0.689 bits per heavy atom. The van der Waals surface area contributed by atoms with E-state index in [2.05, 4.69) is 0 Å². The number of hydrogen-bond acceptors (Lipinski definition) is 13. The second-order valence-corrected chi connectivity index (χ2v) is 14.0. The topological polar surface area (TPSA) is 185 Å². The van der Waals surface area contributed by atoms with E-state index in [9.17, 15) is 34.2 Å². The number of rotatable bonds is 20. The van der Waals surface area contributed by atoms with Crippen molar-refractivity contribution in [1.82, 2.24) is 14.7 Å². The SMILES string of the molecule is CC(C)(C)OC(=O)CN(CCN(CC(=O)OC(C)(C)C)CC(COCC1CO1)N(CC(=O)O)CC(=O)OC(C)(C)C)CC(=O)O. The summed E-state index contributed by atoms with van der Waals surface area (Å²) in [4.78, 5) is 66.1. The quantitative estimate of drug-likeness (QED) is 0.108. The normalized spacial score (nSPS) is 16.0. The van der Waals surface area contributed by atoms with Gasteiger partial charge in [0, 0.05) is 25.7 Å². The van der Waals surface area contributed by atoms with E-state index in [1.165, 1.54) is 9.80 Å². The highest BCUT2D eigenvalue weighted by Crippen LogP contribution is 2.14. The van der Waals surface area contributed by atoms with Crippen LogP contribution in [0.4, 0.5) is 0 Å². The smallest absolute Gasteiger partial charge is 0.320 e. The van der Waals surface area contributed by atoms with Crippen LogP contribution in [0.1, 0.15) is 62.3 Å². The minimum Gasteiger partial charge on any atom is -0.480 e. The van der Waals surface area contributed by atoms with Gasteiger partial charge in [-0.25, -0.2) is 0 Å². The molecule has 1 heterocycles. The lowest BCUT2D eigenvalue weighted by molar-refractivity contribution is -0.160. The van der Waals surface area contributed by atoms with E-state index < -0.39 is 65.8 Å². The van der Waals surface area contributed by atoms with Crippen LogP contribution >= 0.6 is 0 Å². The van der Waals surface area contributed by atoms with Crippen molar-refractivity contribution >= 4 is 29.8 Å². The standard InChI is InChI=1S/C30H53N3O12/c1-28(2,3)43-25(38)15-31(10-11-32(13-23(34)35)16-26(39)44-29(4,5)6)12-21(18-41-19-22-20-42-22)33(14-24(36)37)17-27(40)45-30(7,8)9/h21-22H,10-20H2,1-9H3,(H,34,35)(H,36,37). The van der Waals surface area contributed by atoms with E-state index in [1.54, 1.807) is 67.2 Å². The zero-order valence-electron chi connectivity index (χ0n) is 28.3. The Kier molecular flexibility index (Phi) is 15.8. The van der Waals surface area contributed by atoms with Gasteiger partial charge in [-0.05, 0) is 62.3 Å². The number of nitrogens with zero attached hydrogens (tertiary/aromatic N) is 3. The first-order valence-corrected chi connectivity index (χ1v) is 15.0. The third-order valence-corrected chi connectivity index (χ3v) is 5.73. The fraction of sp³-hybridized carbons (Fsp3) is 0.833. The number of hydrogen-bond donors (Lipinski definition) is 2. The van der Waals surface area contributed by atoms with E-state index in [0.717, 1.165) is 0 Å². The Morgan fingerprint density at radius 2 is 1.11 bits per heavy atom. The molecule has 0 radical (unpaired) electrons. The van der Waals surface area contributed by atoms with E-state index >= 15 is 0 Å². The van der Waals surface area contributed by atoms with Gasteiger partial charge in [0.15, 0.2) is 0 Å². The van der Waals surface area contributed by atoms with Crippen molar-refractivity contribution in [3.05, 3.63) is 0 Å². The Balaban J connectivity index is 3.28. The second-order valence-electron chi connectivity index (χ2n) is 14.0. The maximum Gasteiger partial charge on any atom is 0.320 e. The van der Waals surface area contributed by atoms with Gasteiger partial charge in [-0.2, -0.15) is 0 Å². The van der Waals surface area contributed by atoms with E-state index in [-0.39, 0.29) is 58.6 Å². The molecule has 15 nitrogen and oxygen atoms in total. The molecule has 1 aliphatic rings. The van der Waals surface area contributed by atoms with Gasteiger partial charge in [0.2, 0.25) is 0 Å². The molecule has 0 aliphatic carbocycles. The number of aliphatic carboxylic acids is 2. The van der Waals surface area contributed by atoms with E-state index in [1.807, 2.05) is 0 Å². The number of carbonyl (C=O) groups excluding carboxylic acids is 3. The molecular weight excluding hydrogens is 594 g/mol. The zero-order valence-corrected chi connectivity index (χ0v) is 28.3. The summed E-state index contributed by atoms with van der Waals surface area (Å²) in [6.07, 6.45) is -0.0697. The molecule has 2 N–H and O–H groups in total. The molecule has 260 valence electrons. The van der Waals surface area contributed by atoms with Crippen molar-refractivity contribution in [3.63, 3.8) is 0 Å². The lowest BCUT2D eigenvalue weighted by Crippen LogP contribution is -2.53. The summed E-state index contributed by atoms with van der Waals surface area (Å²) in [7, 11) is 0. The molecule has 0 amide bonds. The first-order valence-electron chi connectivity index (χ1n) is 15.0. The summed E-state index contributed by atoms with van der Waals surface area (Å²) in [5, 5.41) is 19.2. The maximum atomic E-state index is 12.9. The van der Waals surface area contributed by atoms with Crippen LogP contribution in [0.15, 0.2) is 0 Å². The minimum absolute atomic E-state index is 0.00248. The van der Waals surface area contributed by atoms with Crippen LogP contribution in [0.25, 0.3) is 0 Å². The van der Waals surface area contributed by atoms with Crippen LogP contribution in [0.2, 0.25) is 0 Å². The van der Waals surface area contributed by atoms with Crippen LogP contribution in [0.5, 0.6) is 0 Å². The summed E-state index contributed by atoms with van der Waals surface area (Å²) in [5.41, 5.74) is -2.35. The zero-order chi connectivity index (χ0) is 34.6. The highest BCUT2D eigenvalue weighted by molar-refractivity contribution is 5.75. The molecule has 1 aliphatic heterocycles. The molecule has 1 fully saturated rings. The van der Waals surface area contributed by atoms with Gasteiger partial charge in [0.25, 0.3) is 0 Å². The summed E-state index contributed by atoms with van der Waals surface area (Å²) in [5.74, 6) is -4.15. The van der Waals surface area contributed by atoms with Crippen LogP contribution in [-0.2, 0) is 47.7 Å². The Bertz CT molecular complexity index is 996. The molecule has 0 saturated carbocycles. The highest BCUT2D eigenvalue weighted by atomic mass is 16.6. The van der Waals surface area contributed by atoms with Crippen LogP contribution in [0, 0.1) is 0 Å². The Morgan fingerprint density at radius 3 is 1.53 bits per heavy atom. The third kappa shape index (κ3) is 21.5. The predicted molar refractivity (Wildman–Crippen MR) is 162 cm³/mol. The molecule has 0 aromatic rings. The molecule has 0 aromatic heterocycles. The predicted octanol–water partition coefficient (Wildman–Crippen LogP) is 0.871. The van der Waals surface area contributed by atoms with E-state index in [4.69, 9.17) is 23.7 Å². The number of esters is 3. The first kappa shape index (κ1) is 40.2. The molecule has 0 spiro atoms. The molecule has 2 atom stereocenters. The van der Waals surface area contributed by atoms with Gasteiger partial charge < -0.3 is 33.9 Å². The molecule has 1 saturated heterocycles. The largest absolute Gasteiger partial charge is 0.480 e.